The molecule has 0 atom stereocenters. The van der Waals surface area contributed by atoms with Crippen molar-refractivity contribution in [3.8, 4) is 11.3 Å². The van der Waals surface area contributed by atoms with Crippen molar-refractivity contribution >= 4 is 17.5 Å². The summed E-state index contributed by atoms with van der Waals surface area (Å²) in [5.41, 5.74) is 3.20. The van der Waals surface area contributed by atoms with Crippen LogP contribution in [0.5, 0.6) is 0 Å². The van der Waals surface area contributed by atoms with E-state index in [2.05, 4.69) is 27.4 Å². The molecule has 3 rings (SSSR count). The smallest absolute Gasteiger partial charge is 0.223 e. The fourth-order valence-electron chi connectivity index (χ4n) is 2.19. The van der Waals surface area contributed by atoms with E-state index in [1.807, 2.05) is 48.5 Å². The molecule has 0 saturated heterocycles. The Hall–Kier alpha value is -2.39. The van der Waals surface area contributed by atoms with Crippen molar-refractivity contribution in [1.29, 1.82) is 0 Å². The topological polar surface area (TPSA) is 37.8 Å². The highest BCUT2D eigenvalue weighted by Gasteiger charge is 2.02. The van der Waals surface area contributed by atoms with Crippen LogP contribution in [0.15, 0.2) is 66.9 Å². The monoisotopic (exact) mass is 309 g/mol. The van der Waals surface area contributed by atoms with Gasteiger partial charge in [0.2, 0.25) is 5.95 Å². The lowest BCUT2D eigenvalue weighted by molar-refractivity contribution is 0.985. The number of aromatic nitrogens is 2. The van der Waals surface area contributed by atoms with Crippen molar-refractivity contribution in [2.45, 2.75) is 6.42 Å². The maximum atomic E-state index is 5.91. The highest BCUT2D eigenvalue weighted by Crippen LogP contribution is 2.20. The first-order valence-electron chi connectivity index (χ1n) is 7.18. The maximum Gasteiger partial charge on any atom is 0.223 e. The molecule has 0 spiro atoms. The number of nitrogens with one attached hydrogen (secondary N) is 1. The number of anilines is 1. The van der Waals surface area contributed by atoms with E-state index >= 15 is 0 Å². The Morgan fingerprint density at radius 2 is 1.68 bits per heavy atom. The lowest BCUT2D eigenvalue weighted by Gasteiger charge is -2.07. The second kappa shape index (κ2) is 7.05. The molecule has 0 saturated carbocycles. The van der Waals surface area contributed by atoms with Gasteiger partial charge in [0, 0.05) is 23.3 Å². The maximum absolute atomic E-state index is 5.91. The summed E-state index contributed by atoms with van der Waals surface area (Å²) in [6, 6.07) is 19.9. The van der Waals surface area contributed by atoms with Crippen molar-refractivity contribution in [3.63, 3.8) is 0 Å². The summed E-state index contributed by atoms with van der Waals surface area (Å²) < 4.78 is 0. The summed E-state index contributed by atoms with van der Waals surface area (Å²) in [5.74, 6) is 0.642. The minimum atomic E-state index is 0.642. The molecular weight excluding hydrogens is 294 g/mol. The number of rotatable bonds is 5. The van der Waals surface area contributed by atoms with Gasteiger partial charge in [-0.25, -0.2) is 9.97 Å². The van der Waals surface area contributed by atoms with Gasteiger partial charge in [-0.3, -0.25) is 0 Å². The molecule has 1 aromatic heterocycles. The van der Waals surface area contributed by atoms with E-state index in [0.29, 0.717) is 5.95 Å². The van der Waals surface area contributed by atoms with E-state index < -0.39 is 0 Å². The SMILES string of the molecule is Clc1ccc(-c2ccnc(NCCc3ccccc3)n2)cc1. The Kier molecular flexibility index (Phi) is 4.66. The summed E-state index contributed by atoms with van der Waals surface area (Å²) in [4.78, 5) is 8.80. The van der Waals surface area contributed by atoms with Crippen LogP contribution in [0, 0.1) is 0 Å². The quantitative estimate of drug-likeness (QED) is 0.756. The molecule has 22 heavy (non-hydrogen) atoms. The van der Waals surface area contributed by atoms with E-state index in [1.54, 1.807) is 6.20 Å². The highest BCUT2D eigenvalue weighted by atomic mass is 35.5. The largest absolute Gasteiger partial charge is 0.354 e. The number of halogens is 1. The van der Waals surface area contributed by atoms with E-state index in [-0.39, 0.29) is 0 Å². The first kappa shape index (κ1) is 14.5. The Morgan fingerprint density at radius 3 is 2.45 bits per heavy atom. The molecule has 110 valence electrons. The Morgan fingerprint density at radius 1 is 0.909 bits per heavy atom. The molecular formula is C18H16ClN3. The summed E-state index contributed by atoms with van der Waals surface area (Å²) in [6.07, 6.45) is 2.71. The van der Waals surface area contributed by atoms with E-state index in [4.69, 9.17) is 11.6 Å². The molecule has 1 heterocycles. The van der Waals surface area contributed by atoms with Crippen molar-refractivity contribution in [3.05, 3.63) is 77.4 Å². The fraction of sp³-hybridized carbons (Fsp3) is 0.111. The first-order valence-corrected chi connectivity index (χ1v) is 7.56. The van der Waals surface area contributed by atoms with E-state index in [0.717, 1.165) is 29.2 Å². The zero-order valence-electron chi connectivity index (χ0n) is 12.0. The number of hydrogen-bond donors (Lipinski definition) is 1. The highest BCUT2D eigenvalue weighted by molar-refractivity contribution is 6.30. The molecule has 4 heteroatoms. The standard InChI is InChI=1S/C18H16ClN3/c19-16-8-6-15(7-9-16)17-11-13-21-18(22-17)20-12-10-14-4-2-1-3-5-14/h1-9,11,13H,10,12H2,(H,20,21,22). The summed E-state index contributed by atoms with van der Waals surface area (Å²) in [5, 5.41) is 3.99. The third-order valence-corrected chi connectivity index (χ3v) is 3.59. The van der Waals surface area contributed by atoms with E-state index in [1.165, 1.54) is 5.56 Å². The molecule has 3 nitrogen and oxygen atoms in total. The van der Waals surface area contributed by atoms with Gasteiger partial charge in [0.25, 0.3) is 0 Å². The minimum Gasteiger partial charge on any atom is -0.354 e. The van der Waals surface area contributed by atoms with Gasteiger partial charge in [0.15, 0.2) is 0 Å². The van der Waals surface area contributed by atoms with Gasteiger partial charge < -0.3 is 5.32 Å². The zero-order chi connectivity index (χ0) is 15.2. The predicted molar refractivity (Wildman–Crippen MR) is 91.1 cm³/mol. The normalized spacial score (nSPS) is 10.4. The molecule has 0 bridgehead atoms. The molecule has 0 amide bonds. The number of nitrogens with zero attached hydrogens (tertiary/aromatic N) is 2. The third-order valence-electron chi connectivity index (χ3n) is 3.34. The summed E-state index contributed by atoms with van der Waals surface area (Å²) >= 11 is 5.91. The van der Waals surface area contributed by atoms with Crippen LogP contribution in [-0.2, 0) is 6.42 Å². The van der Waals surface area contributed by atoms with Crippen molar-refractivity contribution in [1.82, 2.24) is 9.97 Å². The van der Waals surface area contributed by atoms with Crippen LogP contribution in [0.25, 0.3) is 11.3 Å². The summed E-state index contributed by atoms with van der Waals surface area (Å²) in [7, 11) is 0. The Balaban J connectivity index is 1.65. The van der Waals surface area contributed by atoms with E-state index in [9.17, 15) is 0 Å². The summed E-state index contributed by atoms with van der Waals surface area (Å²) in [6.45, 7) is 0.800. The van der Waals surface area contributed by atoms with Gasteiger partial charge in [0.1, 0.15) is 0 Å². The van der Waals surface area contributed by atoms with Crippen LogP contribution in [0.1, 0.15) is 5.56 Å². The molecule has 1 N–H and O–H groups in total. The fourth-order valence-corrected chi connectivity index (χ4v) is 2.31. The van der Waals surface area contributed by atoms with Crippen molar-refractivity contribution in [2.24, 2.45) is 0 Å². The minimum absolute atomic E-state index is 0.642. The van der Waals surface area contributed by atoms with Gasteiger partial charge >= 0.3 is 0 Å². The molecule has 2 aromatic carbocycles. The zero-order valence-corrected chi connectivity index (χ0v) is 12.8. The van der Waals surface area contributed by atoms with Crippen LogP contribution in [0.4, 0.5) is 5.95 Å². The molecule has 3 aromatic rings. The van der Waals surface area contributed by atoms with Gasteiger partial charge in [-0.05, 0) is 30.2 Å². The lowest BCUT2D eigenvalue weighted by atomic mass is 10.1. The second-order valence-corrected chi connectivity index (χ2v) is 5.37. The third kappa shape index (κ3) is 3.83. The van der Waals surface area contributed by atoms with Crippen LogP contribution < -0.4 is 5.32 Å². The van der Waals surface area contributed by atoms with Crippen LogP contribution in [0.2, 0.25) is 5.02 Å². The van der Waals surface area contributed by atoms with Crippen molar-refractivity contribution < 1.29 is 0 Å². The predicted octanol–water partition coefficient (Wildman–Crippen LogP) is 4.45. The van der Waals surface area contributed by atoms with Gasteiger partial charge in [-0.2, -0.15) is 0 Å². The first-order chi connectivity index (χ1) is 10.8. The number of benzene rings is 2. The second-order valence-electron chi connectivity index (χ2n) is 4.93. The number of hydrogen-bond acceptors (Lipinski definition) is 3. The van der Waals surface area contributed by atoms with Gasteiger partial charge in [0.05, 0.1) is 5.69 Å². The van der Waals surface area contributed by atoms with Crippen LogP contribution >= 0.6 is 11.6 Å². The van der Waals surface area contributed by atoms with Crippen LogP contribution in [0.3, 0.4) is 0 Å². The molecule has 0 fully saturated rings. The Labute approximate surface area is 135 Å². The molecule has 0 unspecified atom stereocenters. The average Bonchev–Trinajstić information content (AvgIpc) is 2.57. The average molecular weight is 310 g/mol. The lowest BCUT2D eigenvalue weighted by Crippen LogP contribution is -2.08. The van der Waals surface area contributed by atoms with Crippen LogP contribution in [-0.4, -0.2) is 16.5 Å². The molecule has 0 aliphatic heterocycles. The van der Waals surface area contributed by atoms with Gasteiger partial charge in [-0.15, -0.1) is 0 Å². The molecule has 0 radical (unpaired) electrons. The molecule has 0 aliphatic carbocycles. The Bertz CT molecular complexity index is 727. The molecule has 0 aliphatic rings. The van der Waals surface area contributed by atoms with Gasteiger partial charge in [-0.1, -0.05) is 54.1 Å². The van der Waals surface area contributed by atoms with Crippen molar-refractivity contribution in [2.75, 3.05) is 11.9 Å².